The van der Waals surface area contributed by atoms with Crippen LogP contribution < -0.4 is 9.47 Å². The molecule has 0 aromatic heterocycles. The molecule has 0 unspecified atom stereocenters. The van der Waals surface area contributed by atoms with E-state index in [1.165, 1.54) is 32.0 Å². The number of carboxylic acid groups (broad SMARTS) is 1. The zero-order chi connectivity index (χ0) is 12.8. The maximum atomic E-state index is 12.8. The second-order valence-corrected chi connectivity index (χ2v) is 4.26. The van der Waals surface area contributed by atoms with Crippen molar-refractivity contribution in [2.75, 3.05) is 0 Å². The lowest BCUT2D eigenvalue weighted by Crippen LogP contribution is -2.28. The monoisotopic (exact) mass is 244 g/mol. The fourth-order valence-electron chi connectivity index (χ4n) is 1.46. The van der Waals surface area contributed by atoms with Crippen LogP contribution in [-0.2, 0) is 10.2 Å². The van der Waals surface area contributed by atoms with Crippen molar-refractivity contribution in [3.63, 3.8) is 0 Å². The summed E-state index contributed by atoms with van der Waals surface area (Å²) >= 11 is 0. The molecule has 4 nitrogen and oxygen atoms in total. The largest absolute Gasteiger partial charge is 0.586 e. The van der Waals surface area contributed by atoms with Gasteiger partial charge in [0.05, 0.1) is 5.41 Å². The van der Waals surface area contributed by atoms with Gasteiger partial charge in [0.2, 0.25) is 0 Å². The van der Waals surface area contributed by atoms with Crippen LogP contribution in [0.5, 0.6) is 11.5 Å². The van der Waals surface area contributed by atoms with Gasteiger partial charge in [-0.3, -0.25) is 4.79 Å². The van der Waals surface area contributed by atoms with Crippen molar-refractivity contribution in [2.45, 2.75) is 25.6 Å². The first-order valence-corrected chi connectivity index (χ1v) is 4.86. The average molecular weight is 244 g/mol. The molecule has 0 radical (unpaired) electrons. The van der Waals surface area contributed by atoms with E-state index in [0.29, 0.717) is 5.56 Å². The molecule has 92 valence electrons. The van der Waals surface area contributed by atoms with E-state index in [9.17, 15) is 13.6 Å². The quantitative estimate of drug-likeness (QED) is 0.867. The highest BCUT2D eigenvalue weighted by molar-refractivity contribution is 5.80. The molecule has 1 aromatic carbocycles. The Bertz CT molecular complexity index is 482. The van der Waals surface area contributed by atoms with E-state index in [2.05, 4.69) is 9.47 Å². The van der Waals surface area contributed by atoms with E-state index in [0.717, 1.165) is 0 Å². The standard InChI is InChI=1S/C11H10F2O4/c1-10(2,9(14)15)6-3-4-7-8(5-6)17-11(12,13)16-7/h3-5H,1-2H3,(H,14,15). The van der Waals surface area contributed by atoms with Crippen LogP contribution >= 0.6 is 0 Å². The molecule has 0 spiro atoms. The van der Waals surface area contributed by atoms with Crippen LogP contribution in [0.1, 0.15) is 19.4 Å². The molecular weight excluding hydrogens is 234 g/mol. The fraction of sp³-hybridized carbons (Fsp3) is 0.364. The fourth-order valence-corrected chi connectivity index (χ4v) is 1.46. The third-order valence-electron chi connectivity index (χ3n) is 2.66. The van der Waals surface area contributed by atoms with E-state index >= 15 is 0 Å². The van der Waals surface area contributed by atoms with Gasteiger partial charge in [-0.25, -0.2) is 0 Å². The molecule has 0 aliphatic carbocycles. The number of halogens is 2. The Morgan fingerprint density at radius 3 is 2.47 bits per heavy atom. The SMILES string of the molecule is CC(C)(C(=O)O)c1ccc2c(c1)OC(F)(F)O2. The van der Waals surface area contributed by atoms with E-state index < -0.39 is 17.7 Å². The number of ether oxygens (including phenoxy) is 2. The van der Waals surface area contributed by atoms with Crippen molar-refractivity contribution < 1.29 is 28.2 Å². The molecule has 6 heteroatoms. The van der Waals surface area contributed by atoms with Gasteiger partial charge in [0, 0.05) is 0 Å². The molecule has 1 aromatic rings. The highest BCUT2D eigenvalue weighted by Gasteiger charge is 2.44. The molecule has 0 saturated carbocycles. The summed E-state index contributed by atoms with van der Waals surface area (Å²) < 4.78 is 34.0. The summed E-state index contributed by atoms with van der Waals surface area (Å²) in [5.41, 5.74) is -0.818. The molecule has 17 heavy (non-hydrogen) atoms. The van der Waals surface area contributed by atoms with E-state index in [1.54, 1.807) is 0 Å². The first-order chi connectivity index (χ1) is 7.72. The van der Waals surface area contributed by atoms with Crippen LogP contribution in [-0.4, -0.2) is 17.4 Å². The highest BCUT2D eigenvalue weighted by Crippen LogP contribution is 2.42. The van der Waals surface area contributed by atoms with E-state index in [-0.39, 0.29) is 11.5 Å². The van der Waals surface area contributed by atoms with E-state index in [1.807, 2.05) is 0 Å². The van der Waals surface area contributed by atoms with Crippen LogP contribution in [0.4, 0.5) is 8.78 Å². The normalized spacial score (nSPS) is 16.9. The lowest BCUT2D eigenvalue weighted by Gasteiger charge is -2.19. The summed E-state index contributed by atoms with van der Waals surface area (Å²) in [6.07, 6.45) is -3.69. The van der Waals surface area contributed by atoms with Crippen LogP contribution in [0, 0.1) is 0 Å². The topological polar surface area (TPSA) is 55.8 Å². The number of fused-ring (bicyclic) bond motifs is 1. The average Bonchev–Trinajstić information content (AvgIpc) is 2.49. The molecular formula is C11H10F2O4. The minimum Gasteiger partial charge on any atom is -0.481 e. The van der Waals surface area contributed by atoms with Gasteiger partial charge in [-0.05, 0) is 31.5 Å². The molecule has 2 rings (SSSR count). The summed E-state index contributed by atoms with van der Waals surface area (Å²) in [7, 11) is 0. The predicted molar refractivity (Wildman–Crippen MR) is 53.3 cm³/mol. The first kappa shape index (κ1) is 11.6. The number of benzene rings is 1. The molecule has 0 bridgehead atoms. The molecule has 1 heterocycles. The Morgan fingerprint density at radius 2 is 1.88 bits per heavy atom. The van der Waals surface area contributed by atoms with Crippen molar-refractivity contribution in [1.29, 1.82) is 0 Å². The van der Waals surface area contributed by atoms with Crippen molar-refractivity contribution in [3.05, 3.63) is 23.8 Å². The second-order valence-electron chi connectivity index (χ2n) is 4.26. The lowest BCUT2D eigenvalue weighted by molar-refractivity contribution is -0.286. The summed E-state index contributed by atoms with van der Waals surface area (Å²) in [6.45, 7) is 2.95. The van der Waals surface area contributed by atoms with Gasteiger partial charge >= 0.3 is 12.3 Å². The third-order valence-corrected chi connectivity index (χ3v) is 2.66. The van der Waals surface area contributed by atoms with Gasteiger partial charge in [0.15, 0.2) is 11.5 Å². The van der Waals surface area contributed by atoms with Gasteiger partial charge in [0.25, 0.3) is 0 Å². The van der Waals surface area contributed by atoms with Crippen molar-refractivity contribution in [3.8, 4) is 11.5 Å². The smallest absolute Gasteiger partial charge is 0.481 e. The Kier molecular flexibility index (Phi) is 2.27. The molecule has 1 N–H and O–H groups in total. The number of hydrogen-bond donors (Lipinski definition) is 1. The maximum absolute atomic E-state index is 12.8. The molecule has 0 fully saturated rings. The van der Waals surface area contributed by atoms with Gasteiger partial charge < -0.3 is 14.6 Å². The van der Waals surface area contributed by atoms with Crippen molar-refractivity contribution in [1.82, 2.24) is 0 Å². The minimum absolute atomic E-state index is 0.0973. The van der Waals surface area contributed by atoms with Gasteiger partial charge in [-0.15, -0.1) is 8.78 Å². The molecule has 1 aliphatic heterocycles. The summed E-state index contributed by atoms with van der Waals surface area (Å²) in [4.78, 5) is 11.0. The minimum atomic E-state index is -3.69. The number of hydrogen-bond acceptors (Lipinski definition) is 3. The Morgan fingerprint density at radius 1 is 1.29 bits per heavy atom. The van der Waals surface area contributed by atoms with Crippen molar-refractivity contribution in [2.24, 2.45) is 0 Å². The number of carbonyl (C=O) groups is 1. The van der Waals surface area contributed by atoms with Crippen LogP contribution in [0.2, 0.25) is 0 Å². The molecule has 0 atom stereocenters. The lowest BCUT2D eigenvalue weighted by atomic mass is 9.85. The summed E-state index contributed by atoms with van der Waals surface area (Å²) in [5, 5.41) is 9.03. The number of carboxylic acids is 1. The third kappa shape index (κ3) is 1.90. The van der Waals surface area contributed by atoms with Gasteiger partial charge in [-0.1, -0.05) is 6.07 Å². The van der Waals surface area contributed by atoms with Crippen LogP contribution in [0.3, 0.4) is 0 Å². The summed E-state index contributed by atoms with van der Waals surface area (Å²) in [5.74, 6) is -1.30. The zero-order valence-electron chi connectivity index (χ0n) is 9.16. The van der Waals surface area contributed by atoms with Crippen LogP contribution in [0.15, 0.2) is 18.2 Å². The highest BCUT2D eigenvalue weighted by atomic mass is 19.3. The molecule has 0 amide bonds. The van der Waals surface area contributed by atoms with Gasteiger partial charge in [0.1, 0.15) is 0 Å². The van der Waals surface area contributed by atoms with Crippen molar-refractivity contribution >= 4 is 5.97 Å². The van der Waals surface area contributed by atoms with E-state index in [4.69, 9.17) is 5.11 Å². The second kappa shape index (κ2) is 3.32. The number of aliphatic carboxylic acids is 1. The zero-order valence-corrected chi connectivity index (χ0v) is 9.16. The number of rotatable bonds is 2. The van der Waals surface area contributed by atoms with Gasteiger partial charge in [-0.2, -0.15) is 0 Å². The summed E-state index contributed by atoms with van der Waals surface area (Å²) in [6, 6.07) is 3.96. The molecule has 0 saturated heterocycles. The maximum Gasteiger partial charge on any atom is 0.586 e. The van der Waals surface area contributed by atoms with Crippen LogP contribution in [0.25, 0.3) is 0 Å². The Labute approximate surface area is 95.8 Å². The predicted octanol–water partition coefficient (Wildman–Crippen LogP) is 2.37. The molecule has 1 aliphatic rings. The number of alkyl halides is 2. The Balaban J connectivity index is 2.41. The first-order valence-electron chi connectivity index (χ1n) is 4.86. The Hall–Kier alpha value is -1.85.